The highest BCUT2D eigenvalue weighted by Crippen LogP contribution is 2.32. The molecule has 6 nitrogen and oxygen atoms in total. The zero-order chi connectivity index (χ0) is 19.9. The van der Waals surface area contributed by atoms with Crippen LogP contribution in [0.3, 0.4) is 0 Å². The Morgan fingerprint density at radius 2 is 1.93 bits per heavy atom. The molecule has 30 heavy (non-hydrogen) atoms. The van der Waals surface area contributed by atoms with Gasteiger partial charge in [0.2, 0.25) is 0 Å². The summed E-state index contributed by atoms with van der Waals surface area (Å²) in [5.41, 5.74) is 9.12. The minimum atomic E-state index is -0.00776. The molecule has 1 saturated heterocycles. The molecule has 0 aliphatic carbocycles. The number of fused-ring (bicyclic) bond motifs is 1. The topological polar surface area (TPSA) is 77.0 Å². The van der Waals surface area contributed by atoms with Gasteiger partial charge in [0, 0.05) is 24.7 Å². The molecule has 0 radical (unpaired) electrons. The quantitative estimate of drug-likeness (QED) is 0.642. The Hall–Kier alpha value is -2.15. The lowest BCUT2D eigenvalue weighted by Crippen LogP contribution is -2.34. The Kier molecular flexibility index (Phi) is 7.50. The molecule has 0 spiro atoms. The van der Waals surface area contributed by atoms with Gasteiger partial charge < -0.3 is 10.6 Å². The van der Waals surface area contributed by atoms with Crippen molar-refractivity contribution >= 4 is 41.8 Å². The van der Waals surface area contributed by atoms with Crippen LogP contribution in [0, 0.1) is 5.41 Å². The van der Waals surface area contributed by atoms with Crippen molar-refractivity contribution in [2.45, 2.75) is 33.2 Å². The molecule has 1 atom stereocenters. The highest BCUT2D eigenvalue weighted by molar-refractivity contribution is 6.06. The van der Waals surface area contributed by atoms with E-state index >= 15 is 0 Å². The van der Waals surface area contributed by atoms with Crippen molar-refractivity contribution in [3.63, 3.8) is 0 Å². The minimum absolute atomic E-state index is 0. The van der Waals surface area contributed by atoms with E-state index in [0.29, 0.717) is 18.7 Å². The molecular formula is C22H29Cl2N5O. The smallest absolute Gasteiger partial charge is 0.254 e. The maximum atomic E-state index is 13.4. The average Bonchev–Trinajstić information content (AvgIpc) is 3.32. The lowest BCUT2D eigenvalue weighted by atomic mass is 9.90. The van der Waals surface area contributed by atoms with Crippen molar-refractivity contribution in [1.29, 1.82) is 0 Å². The lowest BCUT2D eigenvalue weighted by molar-refractivity contribution is 0.0779. The molecule has 2 aromatic heterocycles. The number of rotatable bonds is 4. The van der Waals surface area contributed by atoms with E-state index in [1.54, 1.807) is 6.20 Å². The van der Waals surface area contributed by atoms with Gasteiger partial charge in [-0.05, 0) is 38.3 Å². The lowest BCUT2D eigenvalue weighted by Gasteiger charge is -2.23. The van der Waals surface area contributed by atoms with Crippen molar-refractivity contribution in [2.75, 3.05) is 19.6 Å². The van der Waals surface area contributed by atoms with E-state index in [1.807, 2.05) is 46.0 Å². The Morgan fingerprint density at radius 1 is 1.23 bits per heavy atom. The van der Waals surface area contributed by atoms with E-state index in [-0.39, 0.29) is 42.2 Å². The van der Waals surface area contributed by atoms with Crippen LogP contribution in [0.2, 0.25) is 0 Å². The number of aromatic nitrogens is 3. The molecule has 0 bridgehead atoms. The second kappa shape index (κ2) is 9.33. The molecule has 1 aromatic carbocycles. The monoisotopic (exact) mass is 449 g/mol. The number of amides is 1. The normalized spacial score (nSPS) is 18.4. The van der Waals surface area contributed by atoms with E-state index in [4.69, 9.17) is 10.7 Å². The number of carbonyl (C=O) groups excluding carboxylic acids is 1. The largest absolute Gasteiger partial charge is 0.338 e. The third kappa shape index (κ3) is 4.31. The molecule has 3 heterocycles. The number of nitrogens with two attached hydrogens (primary N) is 1. The van der Waals surface area contributed by atoms with Gasteiger partial charge in [0.25, 0.3) is 5.91 Å². The Balaban J connectivity index is 0.00000160. The minimum Gasteiger partial charge on any atom is -0.338 e. The van der Waals surface area contributed by atoms with E-state index in [2.05, 4.69) is 25.9 Å². The van der Waals surface area contributed by atoms with Crippen LogP contribution in [0.1, 0.15) is 43.6 Å². The van der Waals surface area contributed by atoms with Crippen molar-refractivity contribution in [3.05, 3.63) is 48.2 Å². The summed E-state index contributed by atoms with van der Waals surface area (Å²) in [6.07, 6.45) is 2.70. The number of carbonyl (C=O) groups is 1. The van der Waals surface area contributed by atoms with Crippen LogP contribution in [0.5, 0.6) is 0 Å². The second-order valence-corrected chi connectivity index (χ2v) is 8.33. The number of hydrogen-bond acceptors (Lipinski definition) is 4. The van der Waals surface area contributed by atoms with Crippen molar-refractivity contribution in [2.24, 2.45) is 11.1 Å². The van der Waals surface area contributed by atoms with Gasteiger partial charge in [-0.25, -0.2) is 9.67 Å². The molecule has 0 saturated carbocycles. The Bertz CT molecular complexity index is 1020. The predicted molar refractivity (Wildman–Crippen MR) is 126 cm³/mol. The van der Waals surface area contributed by atoms with Gasteiger partial charge in [-0.2, -0.15) is 5.10 Å². The SMILES string of the molecule is CC(C)n1ncc2c(C(=O)N3CCC(C)(CN)C3)cc(-c3ccccc3)nc21.Cl.Cl. The van der Waals surface area contributed by atoms with Crippen LogP contribution < -0.4 is 5.73 Å². The number of benzene rings is 1. The summed E-state index contributed by atoms with van der Waals surface area (Å²) in [4.78, 5) is 20.2. The zero-order valence-electron chi connectivity index (χ0n) is 17.5. The third-order valence-electron chi connectivity index (χ3n) is 5.69. The molecule has 3 aromatic rings. The van der Waals surface area contributed by atoms with Crippen molar-refractivity contribution in [1.82, 2.24) is 19.7 Å². The van der Waals surface area contributed by atoms with Crippen molar-refractivity contribution in [3.8, 4) is 11.3 Å². The van der Waals surface area contributed by atoms with Gasteiger partial charge >= 0.3 is 0 Å². The number of pyridine rings is 1. The second-order valence-electron chi connectivity index (χ2n) is 8.33. The highest BCUT2D eigenvalue weighted by Gasteiger charge is 2.36. The third-order valence-corrected chi connectivity index (χ3v) is 5.69. The van der Waals surface area contributed by atoms with Crippen LogP contribution in [-0.4, -0.2) is 45.2 Å². The van der Waals surface area contributed by atoms with E-state index < -0.39 is 0 Å². The molecule has 4 rings (SSSR count). The number of likely N-dealkylation sites (tertiary alicyclic amines) is 1. The zero-order valence-corrected chi connectivity index (χ0v) is 19.2. The first-order valence-corrected chi connectivity index (χ1v) is 9.85. The van der Waals surface area contributed by atoms with E-state index in [0.717, 1.165) is 35.3 Å². The van der Waals surface area contributed by atoms with Crippen LogP contribution in [0.25, 0.3) is 22.3 Å². The fourth-order valence-corrected chi connectivity index (χ4v) is 3.86. The average molecular weight is 450 g/mol. The Morgan fingerprint density at radius 3 is 2.53 bits per heavy atom. The van der Waals surface area contributed by atoms with Gasteiger partial charge in [-0.15, -0.1) is 24.8 Å². The highest BCUT2D eigenvalue weighted by atomic mass is 35.5. The fourth-order valence-electron chi connectivity index (χ4n) is 3.86. The van der Waals surface area contributed by atoms with Gasteiger partial charge in [-0.3, -0.25) is 4.79 Å². The molecule has 1 aliphatic heterocycles. The summed E-state index contributed by atoms with van der Waals surface area (Å²) in [6, 6.07) is 12.0. The van der Waals surface area contributed by atoms with Crippen LogP contribution in [-0.2, 0) is 0 Å². The molecule has 1 amide bonds. The van der Waals surface area contributed by atoms with Crippen molar-refractivity contribution < 1.29 is 4.79 Å². The predicted octanol–water partition coefficient (Wildman–Crippen LogP) is 4.33. The number of nitrogens with zero attached hydrogens (tertiary/aromatic N) is 4. The fraction of sp³-hybridized carbons (Fsp3) is 0.409. The summed E-state index contributed by atoms with van der Waals surface area (Å²) in [7, 11) is 0. The molecular weight excluding hydrogens is 421 g/mol. The summed E-state index contributed by atoms with van der Waals surface area (Å²) >= 11 is 0. The molecule has 1 fully saturated rings. The summed E-state index contributed by atoms with van der Waals surface area (Å²) < 4.78 is 1.88. The number of halogens is 2. The van der Waals surface area contributed by atoms with Gasteiger partial charge in [0.05, 0.1) is 22.8 Å². The molecule has 1 aliphatic rings. The molecule has 8 heteroatoms. The first-order valence-electron chi connectivity index (χ1n) is 9.85. The van der Waals surface area contributed by atoms with Crippen LogP contribution >= 0.6 is 24.8 Å². The maximum absolute atomic E-state index is 13.4. The van der Waals surface area contributed by atoms with E-state index in [9.17, 15) is 4.79 Å². The van der Waals surface area contributed by atoms with Gasteiger partial charge in [-0.1, -0.05) is 37.3 Å². The molecule has 1 unspecified atom stereocenters. The number of hydrogen-bond donors (Lipinski definition) is 1. The van der Waals surface area contributed by atoms with E-state index in [1.165, 1.54) is 0 Å². The van der Waals surface area contributed by atoms with Crippen LogP contribution in [0.15, 0.2) is 42.6 Å². The summed E-state index contributed by atoms with van der Waals surface area (Å²) in [5, 5.41) is 5.31. The van der Waals surface area contributed by atoms with Crippen LogP contribution in [0.4, 0.5) is 0 Å². The first kappa shape index (κ1) is 24.1. The van der Waals surface area contributed by atoms with Gasteiger partial charge in [0.15, 0.2) is 5.65 Å². The van der Waals surface area contributed by atoms with Gasteiger partial charge in [0.1, 0.15) is 0 Å². The Labute approximate surface area is 189 Å². The summed E-state index contributed by atoms with van der Waals surface area (Å²) in [6.45, 7) is 8.29. The summed E-state index contributed by atoms with van der Waals surface area (Å²) in [5.74, 6) is 0.0325. The maximum Gasteiger partial charge on any atom is 0.254 e. The molecule has 2 N–H and O–H groups in total. The standard InChI is InChI=1S/C22H27N5O.2ClH/c1-15(2)27-20-18(12-24-27)17(11-19(25-20)16-7-5-4-6-8-16)21(28)26-10-9-22(3,13-23)14-26;;/h4-8,11-12,15H,9-10,13-14,23H2,1-3H3;2*1H. The first-order chi connectivity index (χ1) is 13.4. The molecule has 162 valence electrons.